The Morgan fingerprint density at radius 1 is 0.781 bits per heavy atom. The van der Waals surface area contributed by atoms with Gasteiger partial charge in [0.25, 0.3) is 0 Å². The molecule has 32 heavy (non-hydrogen) atoms. The average Bonchev–Trinajstić information content (AvgIpc) is 2.82. The molecule has 5 rings (SSSR count). The van der Waals surface area contributed by atoms with E-state index in [2.05, 4.69) is 46.2 Å². The van der Waals surface area contributed by atoms with E-state index in [0.717, 1.165) is 50.1 Å². The fourth-order valence-electron chi connectivity index (χ4n) is 5.13. The lowest BCUT2D eigenvalue weighted by Crippen LogP contribution is -2.55. The molecule has 2 saturated heterocycles. The van der Waals surface area contributed by atoms with Gasteiger partial charge < -0.3 is 0 Å². The molecule has 2 heterocycles. The van der Waals surface area contributed by atoms with Gasteiger partial charge in [-0.25, -0.2) is 8.78 Å². The normalized spacial score (nSPS) is 21.1. The predicted octanol–water partition coefficient (Wildman–Crippen LogP) is 5.92. The molecule has 0 bridgehead atoms. The van der Waals surface area contributed by atoms with Gasteiger partial charge in [0.15, 0.2) is 0 Å². The Bertz CT molecular complexity index is 1020. The number of hydrogen-bond donors (Lipinski definition) is 0. The van der Waals surface area contributed by atoms with Crippen molar-refractivity contribution in [2.24, 2.45) is 0 Å². The van der Waals surface area contributed by atoms with Crippen LogP contribution >= 0.6 is 0 Å². The van der Waals surface area contributed by atoms with Crippen LogP contribution in [0.15, 0.2) is 84.4 Å². The van der Waals surface area contributed by atoms with Crippen molar-refractivity contribution in [3.05, 3.63) is 113 Å². The maximum absolute atomic E-state index is 13.6. The average molecular weight is 431 g/mol. The fraction of sp³-hybridized carbons (Fsp3) is 0.286. The van der Waals surface area contributed by atoms with E-state index in [4.69, 9.17) is 0 Å². The maximum atomic E-state index is 13.6. The first-order chi connectivity index (χ1) is 15.7. The van der Waals surface area contributed by atoms with Crippen molar-refractivity contribution in [2.45, 2.75) is 24.9 Å². The SMILES string of the molecule is Fc1ccc(C(c2ccc(F)cc2)N2CCN3C/C(=C\c4ccccc4)CCC3C2)cc1. The number of piperazine rings is 1. The highest BCUT2D eigenvalue weighted by Gasteiger charge is 2.34. The van der Waals surface area contributed by atoms with Gasteiger partial charge in [-0.05, 0) is 53.8 Å². The van der Waals surface area contributed by atoms with Crippen molar-refractivity contribution >= 4 is 6.08 Å². The number of piperidine rings is 1. The minimum atomic E-state index is -0.235. The minimum absolute atomic E-state index is 0.000363. The molecule has 0 N–H and O–H groups in total. The van der Waals surface area contributed by atoms with Crippen LogP contribution in [0, 0.1) is 11.6 Å². The Labute approximate surface area is 188 Å². The smallest absolute Gasteiger partial charge is 0.123 e. The zero-order valence-electron chi connectivity index (χ0n) is 18.1. The monoisotopic (exact) mass is 430 g/mol. The molecule has 0 aliphatic carbocycles. The van der Waals surface area contributed by atoms with Crippen LogP contribution in [0.2, 0.25) is 0 Å². The summed E-state index contributed by atoms with van der Waals surface area (Å²) in [6.07, 6.45) is 4.58. The molecule has 4 heteroatoms. The number of halogens is 2. The lowest BCUT2D eigenvalue weighted by Gasteiger charge is -2.47. The third-order valence-electron chi connectivity index (χ3n) is 6.75. The van der Waals surface area contributed by atoms with Crippen LogP contribution in [0.3, 0.4) is 0 Å². The Morgan fingerprint density at radius 2 is 1.41 bits per heavy atom. The Kier molecular flexibility index (Phi) is 6.15. The molecule has 0 spiro atoms. The molecule has 2 aliphatic rings. The van der Waals surface area contributed by atoms with Gasteiger partial charge in [-0.1, -0.05) is 66.2 Å². The van der Waals surface area contributed by atoms with Crippen LogP contribution in [0.25, 0.3) is 6.08 Å². The van der Waals surface area contributed by atoms with Gasteiger partial charge in [0.2, 0.25) is 0 Å². The summed E-state index contributed by atoms with van der Waals surface area (Å²) < 4.78 is 27.2. The highest BCUT2D eigenvalue weighted by molar-refractivity contribution is 5.53. The van der Waals surface area contributed by atoms with Crippen molar-refractivity contribution in [1.29, 1.82) is 0 Å². The van der Waals surface area contributed by atoms with E-state index in [1.165, 1.54) is 35.4 Å². The molecule has 164 valence electrons. The van der Waals surface area contributed by atoms with Crippen molar-refractivity contribution in [3.63, 3.8) is 0 Å². The van der Waals surface area contributed by atoms with Gasteiger partial charge in [0, 0.05) is 32.2 Å². The van der Waals surface area contributed by atoms with Crippen LogP contribution in [0.4, 0.5) is 8.78 Å². The topological polar surface area (TPSA) is 6.48 Å². The van der Waals surface area contributed by atoms with E-state index in [-0.39, 0.29) is 17.7 Å². The molecule has 2 nitrogen and oxygen atoms in total. The largest absolute Gasteiger partial charge is 0.294 e. The molecular formula is C28H28F2N2. The van der Waals surface area contributed by atoms with Gasteiger partial charge in [0.1, 0.15) is 11.6 Å². The number of fused-ring (bicyclic) bond motifs is 1. The van der Waals surface area contributed by atoms with E-state index >= 15 is 0 Å². The molecule has 2 aliphatic heterocycles. The van der Waals surface area contributed by atoms with E-state index in [9.17, 15) is 8.78 Å². The van der Waals surface area contributed by atoms with Crippen molar-refractivity contribution in [2.75, 3.05) is 26.2 Å². The summed E-state index contributed by atoms with van der Waals surface area (Å²) in [5.41, 5.74) is 4.86. The van der Waals surface area contributed by atoms with Gasteiger partial charge in [0.05, 0.1) is 6.04 Å². The summed E-state index contributed by atoms with van der Waals surface area (Å²) in [6.45, 7) is 3.90. The van der Waals surface area contributed by atoms with E-state index in [1.807, 2.05) is 24.3 Å². The number of nitrogens with zero attached hydrogens (tertiary/aromatic N) is 2. The molecule has 0 aromatic heterocycles. The fourth-order valence-corrected chi connectivity index (χ4v) is 5.13. The molecule has 0 radical (unpaired) electrons. The highest BCUT2D eigenvalue weighted by atomic mass is 19.1. The van der Waals surface area contributed by atoms with Crippen LogP contribution in [-0.4, -0.2) is 42.0 Å². The summed E-state index contributed by atoms with van der Waals surface area (Å²) in [6, 6.07) is 24.5. The molecule has 1 atom stereocenters. The van der Waals surface area contributed by atoms with Gasteiger partial charge >= 0.3 is 0 Å². The van der Waals surface area contributed by atoms with Crippen LogP contribution in [0.5, 0.6) is 0 Å². The van der Waals surface area contributed by atoms with Gasteiger partial charge in [-0.2, -0.15) is 0 Å². The maximum Gasteiger partial charge on any atom is 0.123 e. The molecule has 2 fully saturated rings. The number of hydrogen-bond acceptors (Lipinski definition) is 2. The number of benzene rings is 3. The van der Waals surface area contributed by atoms with Crippen molar-refractivity contribution < 1.29 is 8.78 Å². The first-order valence-electron chi connectivity index (χ1n) is 11.4. The van der Waals surface area contributed by atoms with E-state index in [1.54, 1.807) is 0 Å². The molecule has 0 amide bonds. The molecule has 3 aromatic rings. The Morgan fingerprint density at radius 3 is 2.03 bits per heavy atom. The van der Waals surface area contributed by atoms with Crippen LogP contribution in [0.1, 0.15) is 35.6 Å². The summed E-state index contributed by atoms with van der Waals surface area (Å²) in [4.78, 5) is 5.08. The molecule has 1 unspecified atom stereocenters. The first kappa shape index (κ1) is 21.0. The Balaban J connectivity index is 1.35. The zero-order valence-corrected chi connectivity index (χ0v) is 18.1. The number of rotatable bonds is 4. The molecular weight excluding hydrogens is 402 g/mol. The zero-order chi connectivity index (χ0) is 21.9. The van der Waals surface area contributed by atoms with E-state index in [0.29, 0.717) is 6.04 Å². The van der Waals surface area contributed by atoms with Crippen LogP contribution in [-0.2, 0) is 0 Å². The standard InChI is InChI=1S/C28H28F2N2/c29-25-11-7-23(8-12-25)28(24-9-13-26(30)14-10-24)32-17-16-31-19-22(6-15-27(31)20-32)18-21-4-2-1-3-5-21/h1-5,7-14,18,27-28H,6,15-17,19-20H2/b22-18-. The van der Waals surface area contributed by atoms with E-state index < -0.39 is 0 Å². The third-order valence-corrected chi connectivity index (χ3v) is 6.75. The summed E-state index contributed by atoms with van der Waals surface area (Å²) >= 11 is 0. The van der Waals surface area contributed by atoms with Gasteiger partial charge in [-0.3, -0.25) is 9.80 Å². The lowest BCUT2D eigenvalue weighted by atomic mass is 9.91. The lowest BCUT2D eigenvalue weighted by molar-refractivity contribution is 0.0487. The second kappa shape index (κ2) is 9.35. The second-order valence-electron chi connectivity index (χ2n) is 8.88. The van der Waals surface area contributed by atoms with Gasteiger partial charge in [-0.15, -0.1) is 0 Å². The highest BCUT2D eigenvalue weighted by Crippen LogP contribution is 2.34. The first-order valence-corrected chi connectivity index (χ1v) is 11.4. The second-order valence-corrected chi connectivity index (χ2v) is 8.88. The molecule has 0 saturated carbocycles. The predicted molar refractivity (Wildman–Crippen MR) is 125 cm³/mol. The Hall–Kier alpha value is -2.82. The minimum Gasteiger partial charge on any atom is -0.294 e. The summed E-state index contributed by atoms with van der Waals surface area (Å²) in [5.74, 6) is -0.470. The van der Waals surface area contributed by atoms with Crippen molar-refractivity contribution in [3.8, 4) is 0 Å². The van der Waals surface area contributed by atoms with Crippen molar-refractivity contribution in [1.82, 2.24) is 9.80 Å². The van der Waals surface area contributed by atoms with Crippen LogP contribution < -0.4 is 0 Å². The quantitative estimate of drug-likeness (QED) is 0.507. The molecule has 3 aromatic carbocycles. The summed E-state index contributed by atoms with van der Waals surface area (Å²) in [7, 11) is 0. The third kappa shape index (κ3) is 4.67. The summed E-state index contributed by atoms with van der Waals surface area (Å²) in [5, 5.41) is 0.